The summed E-state index contributed by atoms with van der Waals surface area (Å²) in [5.41, 5.74) is -1.17. The molecule has 2 fully saturated rings. The van der Waals surface area contributed by atoms with Crippen LogP contribution in [0.5, 0.6) is 0 Å². The van der Waals surface area contributed by atoms with Crippen LogP contribution >= 0.6 is 0 Å². The number of rotatable bonds is 3. The van der Waals surface area contributed by atoms with Gasteiger partial charge in [0.1, 0.15) is 0 Å². The van der Waals surface area contributed by atoms with E-state index in [2.05, 4.69) is 0 Å². The number of amides is 2. The van der Waals surface area contributed by atoms with Gasteiger partial charge in [0.15, 0.2) is 0 Å². The Morgan fingerprint density at radius 2 is 1.89 bits per heavy atom. The van der Waals surface area contributed by atoms with Gasteiger partial charge in [0.05, 0.1) is 11.5 Å². The molecular formula is C18H19F3N2O4. The fraction of sp³-hybridized carbons (Fsp3) is 0.500. The third-order valence-corrected chi connectivity index (χ3v) is 5.09. The molecule has 1 aromatic carbocycles. The summed E-state index contributed by atoms with van der Waals surface area (Å²) in [4.78, 5) is 38.4. The van der Waals surface area contributed by atoms with Crippen molar-refractivity contribution in [2.45, 2.75) is 25.9 Å². The average Bonchev–Trinajstić information content (AvgIpc) is 3.18. The zero-order valence-electron chi connectivity index (χ0n) is 14.6. The standard InChI is InChI=1S/C18H19F3N2O4/c1-10-8-22(9-14(10)17(26)27)16(25)11-5-12(18(19,20)21)7-13(6-11)23-4-2-3-15(23)24/h5-7,10,14H,2-4,8-9H2,1H3,(H,26,27)/t10-,14-/m1/s1. The summed E-state index contributed by atoms with van der Waals surface area (Å²) in [6.45, 7) is 2.09. The summed E-state index contributed by atoms with van der Waals surface area (Å²) < 4.78 is 39.9. The first-order valence-corrected chi connectivity index (χ1v) is 8.62. The van der Waals surface area contributed by atoms with E-state index < -0.39 is 29.5 Å². The molecule has 2 saturated heterocycles. The quantitative estimate of drug-likeness (QED) is 0.869. The van der Waals surface area contributed by atoms with Crippen LogP contribution in [0.1, 0.15) is 35.7 Å². The fourth-order valence-corrected chi connectivity index (χ4v) is 3.61. The van der Waals surface area contributed by atoms with Gasteiger partial charge in [0.2, 0.25) is 5.91 Å². The van der Waals surface area contributed by atoms with Crippen LogP contribution in [0.2, 0.25) is 0 Å². The number of carbonyl (C=O) groups is 3. The monoisotopic (exact) mass is 384 g/mol. The molecule has 2 amide bonds. The highest BCUT2D eigenvalue weighted by Crippen LogP contribution is 2.35. The molecule has 2 aliphatic rings. The van der Waals surface area contributed by atoms with Gasteiger partial charge in [-0.2, -0.15) is 13.2 Å². The summed E-state index contributed by atoms with van der Waals surface area (Å²) in [5.74, 6) is -3.03. The number of halogens is 3. The van der Waals surface area contributed by atoms with Gasteiger partial charge in [-0.05, 0) is 30.5 Å². The van der Waals surface area contributed by atoms with Gasteiger partial charge in [-0.15, -0.1) is 0 Å². The number of aliphatic carboxylic acids is 1. The Labute approximate surface area is 153 Å². The zero-order valence-corrected chi connectivity index (χ0v) is 14.6. The van der Waals surface area contributed by atoms with Gasteiger partial charge in [0.25, 0.3) is 5.91 Å². The highest BCUT2D eigenvalue weighted by atomic mass is 19.4. The van der Waals surface area contributed by atoms with E-state index in [-0.39, 0.29) is 42.6 Å². The first-order valence-electron chi connectivity index (χ1n) is 8.62. The van der Waals surface area contributed by atoms with E-state index in [0.717, 1.165) is 12.1 Å². The topological polar surface area (TPSA) is 77.9 Å². The minimum absolute atomic E-state index is 0.0395. The van der Waals surface area contributed by atoms with Crippen LogP contribution in [0.4, 0.5) is 18.9 Å². The van der Waals surface area contributed by atoms with E-state index in [1.54, 1.807) is 6.92 Å². The van der Waals surface area contributed by atoms with Crippen molar-refractivity contribution in [1.29, 1.82) is 0 Å². The van der Waals surface area contributed by atoms with Crippen molar-refractivity contribution in [3.05, 3.63) is 29.3 Å². The van der Waals surface area contributed by atoms with Gasteiger partial charge in [-0.1, -0.05) is 6.92 Å². The Morgan fingerprint density at radius 1 is 1.19 bits per heavy atom. The van der Waals surface area contributed by atoms with E-state index in [4.69, 9.17) is 0 Å². The molecule has 1 aromatic rings. The second kappa shape index (κ2) is 6.86. The second-order valence-corrected chi connectivity index (χ2v) is 7.05. The second-order valence-electron chi connectivity index (χ2n) is 7.05. The molecular weight excluding hydrogens is 365 g/mol. The lowest BCUT2D eigenvalue weighted by atomic mass is 9.99. The maximum atomic E-state index is 13.3. The Bertz CT molecular complexity index is 793. The molecule has 6 nitrogen and oxygen atoms in total. The predicted molar refractivity (Wildman–Crippen MR) is 89.2 cm³/mol. The highest BCUT2D eigenvalue weighted by molar-refractivity contribution is 5.99. The Kier molecular flexibility index (Phi) is 4.88. The van der Waals surface area contributed by atoms with Crippen molar-refractivity contribution in [1.82, 2.24) is 4.90 Å². The van der Waals surface area contributed by atoms with E-state index in [1.165, 1.54) is 15.9 Å². The summed E-state index contributed by atoms with van der Waals surface area (Å²) in [6.07, 6.45) is -3.87. The number of carboxylic acid groups (broad SMARTS) is 1. The Morgan fingerprint density at radius 3 is 2.41 bits per heavy atom. The predicted octanol–water partition coefficient (Wildman–Crippen LogP) is 2.62. The normalized spacial score (nSPS) is 23.2. The number of alkyl halides is 3. The molecule has 2 aliphatic heterocycles. The van der Waals surface area contributed by atoms with Gasteiger partial charge in [-0.3, -0.25) is 14.4 Å². The lowest BCUT2D eigenvalue weighted by Gasteiger charge is -2.21. The third-order valence-electron chi connectivity index (χ3n) is 5.09. The van der Waals surface area contributed by atoms with Crippen LogP contribution in [0.15, 0.2) is 18.2 Å². The summed E-state index contributed by atoms with van der Waals surface area (Å²) >= 11 is 0. The Hall–Kier alpha value is -2.58. The maximum absolute atomic E-state index is 13.3. The van der Waals surface area contributed by atoms with Gasteiger partial charge in [-0.25, -0.2) is 0 Å². The minimum atomic E-state index is -4.67. The maximum Gasteiger partial charge on any atom is 0.416 e. The highest BCUT2D eigenvalue weighted by Gasteiger charge is 2.39. The smallest absolute Gasteiger partial charge is 0.416 e. The number of nitrogens with zero attached hydrogens (tertiary/aromatic N) is 2. The minimum Gasteiger partial charge on any atom is -0.481 e. The van der Waals surface area contributed by atoms with E-state index >= 15 is 0 Å². The molecule has 0 saturated carbocycles. The van der Waals surface area contributed by atoms with Crippen LogP contribution in [-0.4, -0.2) is 47.4 Å². The first-order chi connectivity index (χ1) is 12.6. The van der Waals surface area contributed by atoms with Crippen molar-refractivity contribution < 1.29 is 32.7 Å². The SMILES string of the molecule is C[C@@H]1CN(C(=O)c2cc(N3CCCC3=O)cc(C(F)(F)F)c2)C[C@H]1C(=O)O. The number of likely N-dealkylation sites (tertiary alicyclic amines) is 1. The molecule has 2 atom stereocenters. The number of carbonyl (C=O) groups excluding carboxylic acids is 2. The fourth-order valence-electron chi connectivity index (χ4n) is 3.61. The molecule has 0 radical (unpaired) electrons. The molecule has 0 unspecified atom stereocenters. The van der Waals surface area contributed by atoms with Crippen molar-refractivity contribution >= 4 is 23.5 Å². The van der Waals surface area contributed by atoms with Crippen molar-refractivity contribution in [3.8, 4) is 0 Å². The first kappa shape index (κ1) is 19.2. The zero-order chi connectivity index (χ0) is 19.9. The van der Waals surface area contributed by atoms with Gasteiger partial charge < -0.3 is 14.9 Å². The number of anilines is 1. The lowest BCUT2D eigenvalue weighted by Crippen LogP contribution is -2.31. The van der Waals surface area contributed by atoms with Crippen LogP contribution in [0.25, 0.3) is 0 Å². The molecule has 3 rings (SSSR count). The van der Waals surface area contributed by atoms with E-state index in [0.29, 0.717) is 13.0 Å². The molecule has 0 aliphatic carbocycles. The van der Waals surface area contributed by atoms with Crippen molar-refractivity contribution in [2.24, 2.45) is 11.8 Å². The molecule has 9 heteroatoms. The van der Waals surface area contributed by atoms with Crippen LogP contribution in [0, 0.1) is 11.8 Å². The molecule has 146 valence electrons. The van der Waals surface area contributed by atoms with Crippen LogP contribution < -0.4 is 4.90 Å². The van der Waals surface area contributed by atoms with Crippen molar-refractivity contribution in [3.63, 3.8) is 0 Å². The number of carboxylic acids is 1. The summed E-state index contributed by atoms with van der Waals surface area (Å²) in [5, 5.41) is 9.19. The van der Waals surface area contributed by atoms with Crippen LogP contribution in [-0.2, 0) is 15.8 Å². The average molecular weight is 384 g/mol. The molecule has 0 aromatic heterocycles. The number of benzene rings is 1. The third kappa shape index (κ3) is 3.77. The molecule has 27 heavy (non-hydrogen) atoms. The van der Waals surface area contributed by atoms with E-state index in [1.807, 2.05) is 0 Å². The largest absolute Gasteiger partial charge is 0.481 e. The molecule has 2 heterocycles. The summed E-state index contributed by atoms with van der Waals surface area (Å²) in [6, 6.07) is 2.90. The molecule has 0 spiro atoms. The Balaban J connectivity index is 1.95. The lowest BCUT2D eigenvalue weighted by molar-refractivity contribution is -0.142. The molecule has 0 bridgehead atoms. The van der Waals surface area contributed by atoms with E-state index in [9.17, 15) is 32.7 Å². The summed E-state index contributed by atoms with van der Waals surface area (Å²) in [7, 11) is 0. The van der Waals surface area contributed by atoms with Crippen molar-refractivity contribution in [2.75, 3.05) is 24.5 Å². The van der Waals surface area contributed by atoms with Crippen LogP contribution in [0.3, 0.4) is 0 Å². The van der Waals surface area contributed by atoms with Gasteiger partial charge >= 0.3 is 12.1 Å². The number of hydrogen-bond donors (Lipinski definition) is 1. The molecule has 1 N–H and O–H groups in total. The number of hydrogen-bond acceptors (Lipinski definition) is 3. The van der Waals surface area contributed by atoms with Gasteiger partial charge in [0, 0.05) is 37.3 Å².